The molecule has 0 radical (unpaired) electrons. The molecule has 0 aromatic heterocycles. The van der Waals surface area contributed by atoms with Crippen molar-refractivity contribution >= 4 is 23.5 Å². The highest BCUT2D eigenvalue weighted by Gasteiger charge is 2.76. The van der Waals surface area contributed by atoms with Gasteiger partial charge in [0.25, 0.3) is 5.91 Å². The number of methoxy groups -OCH3 is 1. The van der Waals surface area contributed by atoms with Crippen LogP contribution in [0.15, 0.2) is 78.9 Å². The average molecular weight is 545 g/mol. The number of amides is 2. The lowest BCUT2D eigenvalue weighted by atomic mass is 9.73. The fourth-order valence-corrected chi connectivity index (χ4v) is 6.89. The monoisotopic (exact) mass is 544 g/mol. The summed E-state index contributed by atoms with van der Waals surface area (Å²) in [5, 5.41) is 10.6. The topological polar surface area (TPSA) is 106 Å². The molecule has 6 rings (SSSR count). The Morgan fingerprint density at radius 3 is 2.42 bits per heavy atom. The van der Waals surface area contributed by atoms with Gasteiger partial charge in [-0.25, -0.2) is 0 Å². The normalized spacial score (nSPS) is 31.7. The number of fused-ring (bicyclic) bond motifs is 2. The van der Waals surface area contributed by atoms with Crippen molar-refractivity contribution in [3.05, 3.63) is 84.5 Å². The van der Waals surface area contributed by atoms with Crippen LogP contribution in [0, 0.1) is 11.8 Å². The molecule has 4 aliphatic heterocycles. The summed E-state index contributed by atoms with van der Waals surface area (Å²) in [5.74, 6) is -2.62. The molecule has 2 aromatic carbocycles. The molecule has 0 saturated carbocycles. The Labute approximate surface area is 232 Å². The largest absolute Gasteiger partial charge is 0.497 e. The number of nitrogens with zero attached hydrogens (tertiary/aromatic N) is 2. The first kappa shape index (κ1) is 26.3. The molecule has 4 heterocycles. The van der Waals surface area contributed by atoms with Gasteiger partial charge < -0.3 is 29.1 Å². The van der Waals surface area contributed by atoms with E-state index in [0.29, 0.717) is 23.4 Å². The number of aliphatic hydroxyl groups excluding tert-OH is 1. The van der Waals surface area contributed by atoms with Crippen LogP contribution in [0.2, 0.25) is 0 Å². The fraction of sp³-hybridized carbons (Fsp3) is 0.387. The molecule has 2 fully saturated rings. The van der Waals surface area contributed by atoms with Gasteiger partial charge in [-0.05, 0) is 42.3 Å². The zero-order chi connectivity index (χ0) is 28.1. The van der Waals surface area contributed by atoms with Crippen molar-refractivity contribution in [2.45, 2.75) is 36.6 Å². The third-order valence-electron chi connectivity index (χ3n) is 8.71. The van der Waals surface area contributed by atoms with Crippen LogP contribution in [0.1, 0.15) is 24.9 Å². The van der Waals surface area contributed by atoms with E-state index in [9.17, 15) is 19.5 Å². The van der Waals surface area contributed by atoms with Gasteiger partial charge >= 0.3 is 5.97 Å². The summed E-state index contributed by atoms with van der Waals surface area (Å²) in [6.07, 6.45) is 7.58. The molecule has 1 N–H and O–H groups in total. The summed E-state index contributed by atoms with van der Waals surface area (Å²) in [7, 11) is 1.57. The summed E-state index contributed by atoms with van der Waals surface area (Å²) in [6, 6.07) is 14.3. The molecule has 9 nitrogen and oxygen atoms in total. The second kappa shape index (κ2) is 9.91. The molecular weight excluding hydrogens is 512 g/mol. The first-order valence-corrected chi connectivity index (χ1v) is 13.6. The maximum absolute atomic E-state index is 14.6. The summed E-state index contributed by atoms with van der Waals surface area (Å²) in [5.41, 5.74) is -1.26. The van der Waals surface area contributed by atoms with E-state index >= 15 is 0 Å². The highest BCUT2D eigenvalue weighted by molar-refractivity contribution is 6.06. The average Bonchev–Trinajstić information content (AvgIpc) is 3.26. The number of anilines is 1. The third kappa shape index (κ3) is 3.72. The van der Waals surface area contributed by atoms with E-state index in [2.05, 4.69) is 0 Å². The van der Waals surface area contributed by atoms with E-state index in [4.69, 9.17) is 14.2 Å². The number of cyclic esters (lactones) is 1. The Bertz CT molecular complexity index is 1370. The number of rotatable bonds is 6. The van der Waals surface area contributed by atoms with Crippen LogP contribution in [0.5, 0.6) is 5.75 Å². The summed E-state index contributed by atoms with van der Waals surface area (Å²) in [4.78, 5) is 45.7. The Morgan fingerprint density at radius 2 is 1.75 bits per heavy atom. The third-order valence-corrected chi connectivity index (χ3v) is 8.71. The van der Waals surface area contributed by atoms with Crippen LogP contribution in [-0.4, -0.2) is 71.9 Å². The van der Waals surface area contributed by atoms with Crippen LogP contribution in [-0.2, 0) is 23.9 Å². The predicted octanol–water partition coefficient (Wildman–Crippen LogP) is 2.81. The van der Waals surface area contributed by atoms with Gasteiger partial charge in [0.1, 0.15) is 35.5 Å². The molecule has 2 saturated heterocycles. The summed E-state index contributed by atoms with van der Waals surface area (Å²) in [6.45, 7) is 1.81. The summed E-state index contributed by atoms with van der Waals surface area (Å²) >= 11 is 0. The van der Waals surface area contributed by atoms with Crippen LogP contribution in [0.4, 0.5) is 5.69 Å². The molecule has 4 aliphatic rings. The van der Waals surface area contributed by atoms with Crippen LogP contribution in [0.3, 0.4) is 0 Å². The highest BCUT2D eigenvalue weighted by Crippen LogP contribution is 2.59. The lowest BCUT2D eigenvalue weighted by Crippen LogP contribution is -2.57. The number of ether oxygens (including phenoxy) is 3. The lowest BCUT2D eigenvalue weighted by molar-refractivity contribution is -0.159. The number of esters is 1. The Balaban J connectivity index is 1.53. The lowest BCUT2D eigenvalue weighted by Gasteiger charge is -2.40. The van der Waals surface area contributed by atoms with Crippen molar-refractivity contribution in [1.29, 1.82) is 0 Å². The Hall–Kier alpha value is -3.95. The minimum absolute atomic E-state index is 0.0881. The SMILES string of the molecule is CC[C@]12C=CCOC(=O)[C@H]1[C@H]1C(=O)N([C@H](CO)c3ccccc3)C3C(=O)N(c4ccc(OC)cc4)CC=C[C@@]31O2. The molecule has 6 atom stereocenters. The molecule has 0 bridgehead atoms. The van der Waals surface area contributed by atoms with Crippen LogP contribution in [0.25, 0.3) is 0 Å². The second-order valence-electron chi connectivity index (χ2n) is 10.6. The molecule has 9 heteroatoms. The van der Waals surface area contributed by atoms with Gasteiger partial charge in [-0.2, -0.15) is 0 Å². The molecule has 40 heavy (non-hydrogen) atoms. The predicted molar refractivity (Wildman–Crippen MR) is 145 cm³/mol. The standard InChI is InChI=1S/C31H32N2O7/c1-3-30-15-8-18-39-29(37)25(30)24-27(35)33(23(19-34)20-9-5-4-6-10-20)26-28(36)32(17-7-16-31(24,26)40-30)21-11-13-22(38-2)14-12-21/h4-16,23-26,34H,3,17-19H2,1-2H3/t23-,24+,25-,26?,30+,31+/m1/s1. The minimum atomic E-state index is -1.45. The van der Waals surface area contributed by atoms with Gasteiger partial charge in [0, 0.05) is 12.2 Å². The van der Waals surface area contributed by atoms with Crippen molar-refractivity contribution in [1.82, 2.24) is 4.90 Å². The number of likely N-dealkylation sites (tertiary alicyclic amines) is 1. The number of hydrogen-bond acceptors (Lipinski definition) is 7. The Morgan fingerprint density at radius 1 is 1.00 bits per heavy atom. The van der Waals surface area contributed by atoms with Gasteiger partial charge in [0.05, 0.1) is 25.7 Å². The quantitative estimate of drug-likeness (QED) is 0.441. The van der Waals surface area contributed by atoms with E-state index in [1.807, 2.05) is 49.4 Å². The van der Waals surface area contributed by atoms with E-state index in [0.717, 1.165) is 0 Å². The molecule has 1 unspecified atom stereocenters. The molecule has 2 amide bonds. The van der Waals surface area contributed by atoms with E-state index in [-0.39, 0.29) is 19.1 Å². The zero-order valence-corrected chi connectivity index (χ0v) is 22.4. The second-order valence-corrected chi connectivity index (χ2v) is 10.6. The number of hydrogen-bond donors (Lipinski definition) is 1. The molecule has 0 aliphatic carbocycles. The first-order chi connectivity index (χ1) is 19.4. The van der Waals surface area contributed by atoms with E-state index in [1.165, 1.54) is 4.90 Å². The maximum Gasteiger partial charge on any atom is 0.313 e. The van der Waals surface area contributed by atoms with Gasteiger partial charge in [-0.15, -0.1) is 0 Å². The van der Waals surface area contributed by atoms with Gasteiger partial charge in [0.2, 0.25) is 5.91 Å². The molecular formula is C31H32N2O7. The van der Waals surface area contributed by atoms with Crippen molar-refractivity contribution in [3.8, 4) is 5.75 Å². The molecule has 1 spiro atoms. The van der Waals surface area contributed by atoms with Crippen molar-refractivity contribution in [2.24, 2.45) is 11.8 Å². The number of carbonyl (C=O) groups excluding carboxylic acids is 3. The minimum Gasteiger partial charge on any atom is -0.497 e. The number of carbonyl (C=O) groups is 3. The molecule has 208 valence electrons. The van der Waals surface area contributed by atoms with E-state index in [1.54, 1.807) is 48.4 Å². The van der Waals surface area contributed by atoms with Gasteiger partial charge in [0.15, 0.2) is 0 Å². The number of aliphatic hydroxyl groups is 1. The molecule has 2 aromatic rings. The Kier molecular flexibility index (Phi) is 6.51. The maximum atomic E-state index is 14.6. The summed E-state index contributed by atoms with van der Waals surface area (Å²) < 4.78 is 17.7. The van der Waals surface area contributed by atoms with Gasteiger partial charge in [-0.1, -0.05) is 55.5 Å². The van der Waals surface area contributed by atoms with Crippen molar-refractivity contribution < 1.29 is 33.7 Å². The van der Waals surface area contributed by atoms with Crippen LogP contribution < -0.4 is 9.64 Å². The fourth-order valence-electron chi connectivity index (χ4n) is 6.89. The van der Waals surface area contributed by atoms with Gasteiger partial charge in [-0.3, -0.25) is 14.4 Å². The first-order valence-electron chi connectivity index (χ1n) is 13.6. The van der Waals surface area contributed by atoms with E-state index < -0.39 is 53.6 Å². The number of benzene rings is 2. The zero-order valence-electron chi connectivity index (χ0n) is 22.4. The van der Waals surface area contributed by atoms with Crippen molar-refractivity contribution in [2.75, 3.05) is 31.8 Å². The smallest absolute Gasteiger partial charge is 0.313 e. The van der Waals surface area contributed by atoms with Crippen molar-refractivity contribution in [3.63, 3.8) is 0 Å². The highest BCUT2D eigenvalue weighted by atomic mass is 16.6. The van der Waals surface area contributed by atoms with Crippen LogP contribution >= 0.6 is 0 Å².